The Kier molecular flexibility index (Phi) is 7.35. The van der Waals surface area contributed by atoms with Crippen LogP contribution in [0.5, 0.6) is 5.75 Å². The first-order valence-electron chi connectivity index (χ1n) is 11.3. The summed E-state index contributed by atoms with van der Waals surface area (Å²) in [5.41, 5.74) is 3.69. The summed E-state index contributed by atoms with van der Waals surface area (Å²) in [6.45, 7) is 4.58. The second-order valence-electron chi connectivity index (χ2n) is 8.19. The van der Waals surface area contributed by atoms with Crippen LogP contribution in [-0.2, 0) is 0 Å². The van der Waals surface area contributed by atoms with Crippen LogP contribution in [0.4, 0.5) is 36.7 Å². The smallest absolute Gasteiger partial charge is 0.323 e. The van der Waals surface area contributed by atoms with Crippen LogP contribution >= 0.6 is 0 Å². The molecule has 1 heterocycles. The molecule has 0 aromatic heterocycles. The van der Waals surface area contributed by atoms with Crippen LogP contribution < -0.4 is 25.6 Å². The molecule has 182 valence electrons. The van der Waals surface area contributed by atoms with E-state index in [4.69, 9.17) is 4.74 Å². The number of methoxy groups -OCH3 is 1. The number of hydrogen-bond acceptors (Lipinski definition) is 4. The highest BCUT2D eigenvalue weighted by Crippen LogP contribution is 2.25. The number of aryl methyl sites for hydroxylation is 1. The molecule has 1 aliphatic rings. The maximum Gasteiger partial charge on any atom is 0.323 e. The Morgan fingerprint density at radius 3 is 2.26 bits per heavy atom. The van der Waals surface area contributed by atoms with Crippen LogP contribution in [0.3, 0.4) is 0 Å². The average Bonchev–Trinajstić information content (AvgIpc) is 2.86. The minimum absolute atomic E-state index is 0.0977. The normalized spacial score (nSPS) is 13.2. The van der Waals surface area contributed by atoms with E-state index in [1.54, 1.807) is 12.1 Å². The molecule has 1 fully saturated rings. The molecule has 8 nitrogen and oxygen atoms in total. The number of urea groups is 2. The largest absolute Gasteiger partial charge is 0.495 e. The van der Waals surface area contributed by atoms with E-state index in [2.05, 4.69) is 20.9 Å². The Bertz CT molecular complexity index is 1190. The van der Waals surface area contributed by atoms with Gasteiger partial charge in [-0.15, -0.1) is 0 Å². The van der Waals surface area contributed by atoms with E-state index in [1.807, 2.05) is 48.2 Å². The van der Waals surface area contributed by atoms with Crippen molar-refractivity contribution in [1.82, 2.24) is 4.90 Å². The van der Waals surface area contributed by atoms with Crippen molar-refractivity contribution in [3.63, 3.8) is 0 Å². The van der Waals surface area contributed by atoms with Crippen molar-refractivity contribution in [2.75, 3.05) is 54.1 Å². The molecule has 4 rings (SSSR count). The molecule has 0 saturated carbocycles. The van der Waals surface area contributed by atoms with Gasteiger partial charge in [0.15, 0.2) is 0 Å². The molecule has 0 spiro atoms. The summed E-state index contributed by atoms with van der Waals surface area (Å²) >= 11 is 0. The molecule has 3 aromatic rings. The molecule has 3 N–H and O–H groups in total. The van der Waals surface area contributed by atoms with E-state index in [0.29, 0.717) is 37.6 Å². The number of carbonyl (C=O) groups is 2. The lowest BCUT2D eigenvalue weighted by molar-refractivity contribution is 0.208. The summed E-state index contributed by atoms with van der Waals surface area (Å²) in [6, 6.07) is 18.5. The summed E-state index contributed by atoms with van der Waals surface area (Å²) < 4.78 is 18.7. The highest BCUT2D eigenvalue weighted by molar-refractivity contribution is 6.00. The minimum Gasteiger partial charge on any atom is -0.495 e. The predicted octanol–water partition coefficient (Wildman–Crippen LogP) is 5.14. The number of amides is 4. The van der Waals surface area contributed by atoms with Crippen molar-refractivity contribution in [2.24, 2.45) is 0 Å². The number of anilines is 4. The molecule has 0 aliphatic carbocycles. The van der Waals surface area contributed by atoms with Crippen LogP contribution in [-0.4, -0.2) is 50.3 Å². The number of para-hydroxylation sites is 1. The molecular weight excluding hydrogens is 449 g/mol. The fraction of sp³-hybridized carbons (Fsp3) is 0.231. The van der Waals surface area contributed by atoms with Gasteiger partial charge in [-0.25, -0.2) is 14.0 Å². The maximum atomic E-state index is 13.5. The predicted molar refractivity (Wildman–Crippen MR) is 136 cm³/mol. The number of carbonyl (C=O) groups excluding carboxylic acids is 2. The Hall–Kier alpha value is -4.27. The van der Waals surface area contributed by atoms with Crippen molar-refractivity contribution in [1.29, 1.82) is 0 Å². The maximum absolute atomic E-state index is 13.5. The highest BCUT2D eigenvalue weighted by atomic mass is 19.1. The van der Waals surface area contributed by atoms with Gasteiger partial charge in [0.25, 0.3) is 0 Å². The number of rotatable bonds is 5. The van der Waals surface area contributed by atoms with E-state index in [1.165, 1.54) is 25.3 Å². The fourth-order valence-corrected chi connectivity index (χ4v) is 3.89. The lowest BCUT2D eigenvalue weighted by atomic mass is 10.2. The zero-order valence-electron chi connectivity index (χ0n) is 19.7. The van der Waals surface area contributed by atoms with Gasteiger partial charge in [0.05, 0.1) is 12.8 Å². The molecule has 35 heavy (non-hydrogen) atoms. The Morgan fingerprint density at radius 2 is 1.57 bits per heavy atom. The highest BCUT2D eigenvalue weighted by Gasteiger charge is 2.21. The third-order valence-corrected chi connectivity index (χ3v) is 5.85. The second kappa shape index (κ2) is 10.8. The van der Waals surface area contributed by atoms with Crippen LogP contribution in [0, 0.1) is 12.7 Å². The van der Waals surface area contributed by atoms with Crippen molar-refractivity contribution in [2.45, 2.75) is 6.92 Å². The Balaban J connectivity index is 1.29. The first kappa shape index (κ1) is 23.9. The molecule has 0 unspecified atom stereocenters. The summed E-state index contributed by atoms with van der Waals surface area (Å²) in [6.07, 6.45) is 0. The standard InChI is InChI=1S/C26H28FN5O3/c1-18-5-3-4-6-22(18)30-26(34)32-15-13-31(14-16-32)21-10-8-20(9-11-21)28-25(33)29-23-17-19(27)7-12-24(23)35-2/h3-12,17H,13-16H2,1-2H3,(H,30,34)(H2,28,29,33). The van der Waals surface area contributed by atoms with E-state index >= 15 is 0 Å². The molecule has 1 aliphatic heterocycles. The van der Waals surface area contributed by atoms with E-state index in [0.717, 1.165) is 16.9 Å². The number of nitrogens with zero attached hydrogens (tertiary/aromatic N) is 2. The SMILES string of the molecule is COc1ccc(F)cc1NC(=O)Nc1ccc(N2CCN(C(=O)Nc3ccccc3C)CC2)cc1. The molecule has 1 saturated heterocycles. The summed E-state index contributed by atoms with van der Waals surface area (Å²) in [5.74, 6) is -0.109. The molecule has 3 aromatic carbocycles. The van der Waals surface area contributed by atoms with Gasteiger partial charge < -0.3 is 30.5 Å². The zero-order valence-corrected chi connectivity index (χ0v) is 19.7. The number of halogens is 1. The topological polar surface area (TPSA) is 85.9 Å². The van der Waals surface area contributed by atoms with Gasteiger partial charge in [-0.1, -0.05) is 18.2 Å². The van der Waals surface area contributed by atoms with E-state index < -0.39 is 11.8 Å². The number of hydrogen-bond donors (Lipinski definition) is 3. The molecule has 0 atom stereocenters. The third-order valence-electron chi connectivity index (χ3n) is 5.85. The summed E-state index contributed by atoms with van der Waals surface area (Å²) in [4.78, 5) is 29.0. The Morgan fingerprint density at radius 1 is 0.857 bits per heavy atom. The number of piperazine rings is 1. The van der Waals surface area contributed by atoms with Gasteiger partial charge >= 0.3 is 12.1 Å². The van der Waals surface area contributed by atoms with Crippen molar-refractivity contribution >= 4 is 34.8 Å². The lowest BCUT2D eigenvalue weighted by Gasteiger charge is -2.36. The van der Waals surface area contributed by atoms with Crippen molar-refractivity contribution in [3.8, 4) is 5.75 Å². The Labute approximate surface area is 203 Å². The number of benzene rings is 3. The van der Waals surface area contributed by atoms with Gasteiger partial charge in [0.1, 0.15) is 11.6 Å². The average molecular weight is 478 g/mol. The van der Waals surface area contributed by atoms with Gasteiger partial charge in [-0.3, -0.25) is 0 Å². The molecule has 4 amide bonds. The molecule has 0 radical (unpaired) electrons. The first-order valence-corrected chi connectivity index (χ1v) is 11.3. The van der Waals surface area contributed by atoms with E-state index in [-0.39, 0.29) is 11.7 Å². The second-order valence-corrected chi connectivity index (χ2v) is 8.19. The van der Waals surface area contributed by atoms with Gasteiger partial charge in [-0.05, 0) is 55.0 Å². The fourth-order valence-electron chi connectivity index (χ4n) is 3.89. The summed E-state index contributed by atoms with van der Waals surface area (Å²) in [5, 5.41) is 8.31. The van der Waals surface area contributed by atoms with Crippen molar-refractivity contribution in [3.05, 3.63) is 78.1 Å². The third kappa shape index (κ3) is 6.00. The molecule has 0 bridgehead atoms. The molecule has 9 heteroatoms. The monoisotopic (exact) mass is 477 g/mol. The quantitative estimate of drug-likeness (QED) is 0.475. The van der Waals surface area contributed by atoms with Crippen LogP contribution in [0.2, 0.25) is 0 Å². The van der Waals surface area contributed by atoms with E-state index in [9.17, 15) is 14.0 Å². The summed E-state index contributed by atoms with van der Waals surface area (Å²) in [7, 11) is 1.45. The van der Waals surface area contributed by atoms with Crippen LogP contribution in [0.1, 0.15) is 5.56 Å². The molecular formula is C26H28FN5O3. The van der Waals surface area contributed by atoms with Gasteiger partial charge in [0.2, 0.25) is 0 Å². The zero-order chi connectivity index (χ0) is 24.8. The number of ether oxygens (including phenoxy) is 1. The first-order chi connectivity index (χ1) is 16.9. The van der Waals surface area contributed by atoms with Crippen LogP contribution in [0.15, 0.2) is 66.7 Å². The van der Waals surface area contributed by atoms with Gasteiger partial charge in [0, 0.05) is 49.3 Å². The van der Waals surface area contributed by atoms with Crippen LogP contribution in [0.25, 0.3) is 0 Å². The number of nitrogens with one attached hydrogen (secondary N) is 3. The lowest BCUT2D eigenvalue weighted by Crippen LogP contribution is -2.50. The van der Waals surface area contributed by atoms with Crippen molar-refractivity contribution < 1.29 is 18.7 Å². The minimum atomic E-state index is -0.505. The van der Waals surface area contributed by atoms with Gasteiger partial charge in [-0.2, -0.15) is 0 Å².